The lowest BCUT2D eigenvalue weighted by molar-refractivity contribution is -0.00000524. The van der Waals surface area contributed by atoms with Crippen LogP contribution in [-0.2, 0) is 6.16 Å². The second-order valence-corrected chi connectivity index (χ2v) is 9.62. The normalized spacial score (nSPS) is 10.8. The molecular formula is C23H20ClN2P. The van der Waals surface area contributed by atoms with Gasteiger partial charge in [0.25, 0.3) is 0 Å². The summed E-state index contributed by atoms with van der Waals surface area (Å²) in [5, 5.41) is 4.06. The van der Waals surface area contributed by atoms with Crippen molar-refractivity contribution in [2.45, 2.75) is 6.16 Å². The van der Waals surface area contributed by atoms with Gasteiger partial charge in [0.2, 0.25) is 0 Å². The zero-order valence-electron chi connectivity index (χ0n) is 14.8. The predicted octanol–water partition coefficient (Wildman–Crippen LogP) is 0.975. The Morgan fingerprint density at radius 2 is 0.889 bits per heavy atom. The zero-order chi connectivity index (χ0) is 17.7. The average Bonchev–Trinajstić information content (AvgIpc) is 2.75. The monoisotopic (exact) mass is 390 g/mol. The van der Waals surface area contributed by atoms with Crippen LogP contribution in [0.15, 0.2) is 109 Å². The van der Waals surface area contributed by atoms with Crippen LogP contribution in [0.2, 0.25) is 0 Å². The molecule has 27 heavy (non-hydrogen) atoms. The predicted molar refractivity (Wildman–Crippen MR) is 111 cm³/mol. The first-order valence-electron chi connectivity index (χ1n) is 8.70. The third-order valence-corrected chi connectivity index (χ3v) is 8.88. The zero-order valence-corrected chi connectivity index (χ0v) is 16.5. The van der Waals surface area contributed by atoms with Gasteiger partial charge in [0.15, 0.2) is 5.82 Å². The molecule has 0 atom stereocenters. The molecule has 0 fully saturated rings. The molecule has 0 saturated carbocycles. The average molecular weight is 391 g/mol. The van der Waals surface area contributed by atoms with Crippen molar-refractivity contribution < 1.29 is 12.4 Å². The highest BCUT2D eigenvalue weighted by atomic mass is 35.5. The van der Waals surface area contributed by atoms with Gasteiger partial charge < -0.3 is 12.4 Å². The maximum atomic E-state index is 4.56. The highest BCUT2D eigenvalue weighted by Gasteiger charge is 2.46. The summed E-state index contributed by atoms with van der Waals surface area (Å²) in [6.45, 7) is 0. The number of hydrogen-bond donors (Lipinski definition) is 0. The second kappa shape index (κ2) is 8.90. The molecule has 1 heterocycles. The topological polar surface area (TPSA) is 25.8 Å². The van der Waals surface area contributed by atoms with E-state index in [4.69, 9.17) is 0 Å². The third kappa shape index (κ3) is 3.93. The molecule has 3 aromatic carbocycles. The molecule has 0 amide bonds. The molecule has 0 aliphatic heterocycles. The molecule has 0 radical (unpaired) electrons. The number of nitrogens with zero attached hydrogens (tertiary/aromatic N) is 2. The summed E-state index contributed by atoms with van der Waals surface area (Å²) in [6, 6.07) is 34.3. The summed E-state index contributed by atoms with van der Waals surface area (Å²) >= 11 is 0. The fraction of sp³-hybridized carbons (Fsp3) is 0.0435. The number of halogens is 1. The largest absolute Gasteiger partial charge is 1.00 e. The van der Waals surface area contributed by atoms with E-state index in [-0.39, 0.29) is 12.4 Å². The standard InChI is InChI=1S/C23H20N2P.ClH/c1-4-11-20(12-5-1)26(21-13-6-2-7-14-21,22-15-8-3-9-16-22)19-23-24-17-10-18-25-23;/h1-18H,19H2;1H/q+1;/p-1. The van der Waals surface area contributed by atoms with E-state index in [9.17, 15) is 0 Å². The minimum atomic E-state index is -1.90. The van der Waals surface area contributed by atoms with Crippen LogP contribution in [0.5, 0.6) is 0 Å². The quantitative estimate of drug-likeness (QED) is 0.475. The number of benzene rings is 3. The van der Waals surface area contributed by atoms with Gasteiger partial charge in [0, 0.05) is 12.4 Å². The molecule has 134 valence electrons. The summed E-state index contributed by atoms with van der Waals surface area (Å²) in [5.74, 6) is 0.886. The van der Waals surface area contributed by atoms with Crippen molar-refractivity contribution in [3.63, 3.8) is 0 Å². The molecular weight excluding hydrogens is 371 g/mol. The molecule has 0 spiro atoms. The number of hydrogen-bond acceptors (Lipinski definition) is 2. The maximum Gasteiger partial charge on any atom is 0.167 e. The highest BCUT2D eigenvalue weighted by Crippen LogP contribution is 2.57. The first-order chi connectivity index (χ1) is 12.9. The van der Waals surface area contributed by atoms with Crippen LogP contribution in [-0.4, -0.2) is 9.97 Å². The van der Waals surface area contributed by atoms with E-state index in [2.05, 4.69) is 101 Å². The van der Waals surface area contributed by atoms with Gasteiger partial charge in [-0.3, -0.25) is 0 Å². The van der Waals surface area contributed by atoms with E-state index >= 15 is 0 Å². The van der Waals surface area contributed by atoms with Crippen molar-refractivity contribution in [2.24, 2.45) is 0 Å². The van der Waals surface area contributed by atoms with Gasteiger partial charge in [-0.2, -0.15) is 0 Å². The molecule has 0 N–H and O–H groups in total. The van der Waals surface area contributed by atoms with Crippen LogP contribution in [0, 0.1) is 0 Å². The van der Waals surface area contributed by atoms with Gasteiger partial charge in [-0.25, -0.2) is 9.97 Å². The molecule has 0 aliphatic rings. The third-order valence-electron chi connectivity index (χ3n) is 4.59. The molecule has 2 nitrogen and oxygen atoms in total. The Labute approximate surface area is 167 Å². The summed E-state index contributed by atoms with van der Waals surface area (Å²) in [4.78, 5) is 9.11. The molecule has 0 saturated heterocycles. The first kappa shape index (κ1) is 19.2. The van der Waals surface area contributed by atoms with Crippen molar-refractivity contribution >= 4 is 23.2 Å². The van der Waals surface area contributed by atoms with E-state index < -0.39 is 7.26 Å². The SMILES string of the molecule is [Cl-].c1ccc([P+](Cc2ncccn2)(c2ccccc2)c2ccccc2)cc1. The van der Waals surface area contributed by atoms with E-state index in [1.807, 2.05) is 18.5 Å². The van der Waals surface area contributed by atoms with Crippen molar-refractivity contribution in [1.82, 2.24) is 9.97 Å². The van der Waals surface area contributed by atoms with Crippen molar-refractivity contribution in [2.75, 3.05) is 0 Å². The van der Waals surface area contributed by atoms with Crippen molar-refractivity contribution in [3.05, 3.63) is 115 Å². The molecule has 0 bridgehead atoms. The summed E-state index contributed by atoms with van der Waals surface area (Å²) in [5.41, 5.74) is 0. The molecule has 4 aromatic rings. The van der Waals surface area contributed by atoms with Gasteiger partial charge in [-0.05, 0) is 42.5 Å². The molecule has 1 aromatic heterocycles. The Bertz CT molecular complexity index is 852. The maximum absolute atomic E-state index is 4.56. The lowest BCUT2D eigenvalue weighted by Crippen LogP contribution is -3.00. The van der Waals surface area contributed by atoms with Crippen LogP contribution in [0.3, 0.4) is 0 Å². The summed E-state index contributed by atoms with van der Waals surface area (Å²) < 4.78 is 0. The Morgan fingerprint density at radius 1 is 0.519 bits per heavy atom. The summed E-state index contributed by atoms with van der Waals surface area (Å²) in [7, 11) is -1.90. The van der Waals surface area contributed by atoms with Gasteiger partial charge in [0.1, 0.15) is 29.3 Å². The highest BCUT2D eigenvalue weighted by molar-refractivity contribution is 7.95. The lowest BCUT2D eigenvalue weighted by atomic mass is 10.4. The fourth-order valence-corrected chi connectivity index (χ4v) is 7.47. The number of aromatic nitrogens is 2. The summed E-state index contributed by atoms with van der Waals surface area (Å²) in [6.07, 6.45) is 4.47. The molecule has 4 rings (SSSR count). The minimum Gasteiger partial charge on any atom is -1.00 e. The Hall–Kier alpha value is -2.54. The Balaban J connectivity index is 0.00000210. The van der Waals surface area contributed by atoms with Crippen LogP contribution >= 0.6 is 7.26 Å². The Kier molecular flexibility index (Phi) is 6.34. The fourth-order valence-electron chi connectivity index (χ4n) is 3.39. The molecule has 0 unspecified atom stereocenters. The van der Waals surface area contributed by atoms with Crippen LogP contribution in [0.4, 0.5) is 0 Å². The van der Waals surface area contributed by atoms with Gasteiger partial charge in [-0.1, -0.05) is 54.6 Å². The van der Waals surface area contributed by atoms with E-state index in [0.717, 1.165) is 12.0 Å². The van der Waals surface area contributed by atoms with Gasteiger partial charge >= 0.3 is 0 Å². The Morgan fingerprint density at radius 3 is 1.26 bits per heavy atom. The van der Waals surface area contributed by atoms with Crippen LogP contribution in [0.25, 0.3) is 0 Å². The second-order valence-electron chi connectivity index (χ2n) is 6.14. The van der Waals surface area contributed by atoms with E-state index in [1.54, 1.807) is 0 Å². The van der Waals surface area contributed by atoms with E-state index in [0.29, 0.717) is 0 Å². The first-order valence-corrected chi connectivity index (χ1v) is 10.7. The van der Waals surface area contributed by atoms with Crippen molar-refractivity contribution in [3.8, 4) is 0 Å². The van der Waals surface area contributed by atoms with Crippen LogP contribution in [0.1, 0.15) is 5.82 Å². The molecule has 4 heteroatoms. The lowest BCUT2D eigenvalue weighted by Gasteiger charge is -2.27. The van der Waals surface area contributed by atoms with Gasteiger partial charge in [0.05, 0.1) is 0 Å². The van der Waals surface area contributed by atoms with Gasteiger partial charge in [-0.15, -0.1) is 0 Å². The minimum absolute atomic E-state index is 0. The number of rotatable bonds is 5. The smallest absolute Gasteiger partial charge is 0.167 e. The van der Waals surface area contributed by atoms with Crippen molar-refractivity contribution in [1.29, 1.82) is 0 Å². The van der Waals surface area contributed by atoms with Crippen LogP contribution < -0.4 is 28.3 Å². The molecule has 0 aliphatic carbocycles. The van der Waals surface area contributed by atoms with E-state index in [1.165, 1.54) is 15.9 Å².